The first kappa shape index (κ1) is 14.9. The van der Waals surface area contributed by atoms with E-state index in [-0.39, 0.29) is 6.42 Å². The highest BCUT2D eigenvalue weighted by Crippen LogP contribution is 2.18. The van der Waals surface area contributed by atoms with Crippen LogP contribution < -0.4 is 5.32 Å². The molecule has 0 fully saturated rings. The minimum Gasteiger partial charge on any atom is -0.478 e. The number of carbonyl (C=O) groups excluding carboxylic acids is 1. The van der Waals surface area contributed by atoms with Crippen LogP contribution in [0.25, 0.3) is 0 Å². The molecule has 16 heavy (non-hydrogen) atoms. The second-order valence-electron chi connectivity index (χ2n) is 4.03. The van der Waals surface area contributed by atoms with E-state index >= 15 is 0 Å². The van der Waals surface area contributed by atoms with Crippen molar-refractivity contribution < 1.29 is 19.8 Å². The molecule has 0 aromatic rings. The summed E-state index contributed by atoms with van der Waals surface area (Å²) in [5.41, 5.74) is -2.15. The van der Waals surface area contributed by atoms with Gasteiger partial charge in [0.05, 0.1) is 0 Å². The number of amides is 1. The molecule has 0 radical (unpaired) electrons. The predicted molar refractivity (Wildman–Crippen MR) is 59.7 cm³/mol. The van der Waals surface area contributed by atoms with Crippen LogP contribution in [0.2, 0.25) is 0 Å². The topological polar surface area (TPSA) is 86.6 Å². The fourth-order valence-corrected chi connectivity index (χ4v) is 1.30. The monoisotopic (exact) mass is 231 g/mol. The molecule has 0 rings (SSSR count). The zero-order valence-electron chi connectivity index (χ0n) is 10.1. The van der Waals surface area contributed by atoms with Gasteiger partial charge in [0, 0.05) is 12.3 Å². The zero-order chi connectivity index (χ0) is 12.8. The van der Waals surface area contributed by atoms with Crippen molar-refractivity contribution in [1.29, 1.82) is 0 Å². The minimum absolute atomic E-state index is 0.239. The number of rotatable bonds is 7. The fourth-order valence-electron chi connectivity index (χ4n) is 1.30. The molecule has 1 amide bonds. The Bertz CT molecular complexity index is 254. The lowest BCUT2D eigenvalue weighted by Crippen LogP contribution is -2.58. The smallest absolute Gasteiger partial charge is 0.357 e. The largest absolute Gasteiger partial charge is 0.478 e. The van der Waals surface area contributed by atoms with E-state index in [0.717, 1.165) is 6.42 Å². The van der Waals surface area contributed by atoms with E-state index in [1.54, 1.807) is 13.8 Å². The Morgan fingerprint density at radius 3 is 2.31 bits per heavy atom. The Morgan fingerprint density at radius 1 is 1.38 bits per heavy atom. The lowest BCUT2D eigenvalue weighted by molar-refractivity contribution is -0.172. The third kappa shape index (κ3) is 3.81. The van der Waals surface area contributed by atoms with Gasteiger partial charge >= 0.3 is 5.97 Å². The van der Waals surface area contributed by atoms with Crippen molar-refractivity contribution in [3.05, 3.63) is 0 Å². The standard InChI is InChI=1S/C11H21NO4/c1-4-6-7-9(13)12-11(16,10(14)15)8(3)5-2/h8,16H,4-7H2,1-3H3,(H,12,13)(H,14,15)/t8-,11+/m0/s1. The third-order valence-corrected chi connectivity index (χ3v) is 2.74. The Kier molecular flexibility index (Phi) is 6.03. The summed E-state index contributed by atoms with van der Waals surface area (Å²) in [6, 6.07) is 0. The summed E-state index contributed by atoms with van der Waals surface area (Å²) in [6.07, 6.45) is 2.24. The van der Waals surface area contributed by atoms with Gasteiger partial charge in [0.2, 0.25) is 11.6 Å². The number of carboxylic acid groups (broad SMARTS) is 1. The number of hydrogen-bond donors (Lipinski definition) is 3. The molecule has 0 aliphatic carbocycles. The number of carbonyl (C=O) groups is 2. The Morgan fingerprint density at radius 2 is 1.94 bits per heavy atom. The van der Waals surface area contributed by atoms with Gasteiger partial charge < -0.3 is 15.5 Å². The highest BCUT2D eigenvalue weighted by molar-refractivity contribution is 5.85. The van der Waals surface area contributed by atoms with Crippen LogP contribution in [0.15, 0.2) is 0 Å². The van der Waals surface area contributed by atoms with Crippen molar-refractivity contribution in [2.75, 3.05) is 0 Å². The van der Waals surface area contributed by atoms with E-state index in [2.05, 4.69) is 5.32 Å². The lowest BCUT2D eigenvalue weighted by atomic mass is 9.94. The van der Waals surface area contributed by atoms with E-state index < -0.39 is 23.5 Å². The van der Waals surface area contributed by atoms with Crippen LogP contribution in [0.1, 0.15) is 46.5 Å². The highest BCUT2D eigenvalue weighted by atomic mass is 16.4. The van der Waals surface area contributed by atoms with Gasteiger partial charge in [0.25, 0.3) is 0 Å². The molecule has 0 spiro atoms. The molecular weight excluding hydrogens is 210 g/mol. The van der Waals surface area contributed by atoms with Gasteiger partial charge in [-0.15, -0.1) is 0 Å². The van der Waals surface area contributed by atoms with E-state index in [1.165, 1.54) is 0 Å². The zero-order valence-corrected chi connectivity index (χ0v) is 10.1. The average molecular weight is 231 g/mol. The van der Waals surface area contributed by atoms with Gasteiger partial charge in [-0.25, -0.2) is 4.79 Å². The van der Waals surface area contributed by atoms with E-state index in [0.29, 0.717) is 12.8 Å². The van der Waals surface area contributed by atoms with Crippen molar-refractivity contribution in [2.24, 2.45) is 5.92 Å². The van der Waals surface area contributed by atoms with Gasteiger partial charge in [-0.1, -0.05) is 27.2 Å². The molecule has 0 saturated heterocycles. The number of unbranched alkanes of at least 4 members (excludes halogenated alkanes) is 1. The molecule has 0 aliphatic rings. The summed E-state index contributed by atoms with van der Waals surface area (Å²) in [6.45, 7) is 5.29. The average Bonchev–Trinajstić information content (AvgIpc) is 2.24. The molecule has 5 nitrogen and oxygen atoms in total. The van der Waals surface area contributed by atoms with Gasteiger partial charge in [-0.3, -0.25) is 4.79 Å². The molecule has 0 aliphatic heterocycles. The summed E-state index contributed by atoms with van der Waals surface area (Å²) in [5.74, 6) is -2.37. The van der Waals surface area contributed by atoms with Crippen LogP contribution in [0.3, 0.4) is 0 Å². The molecule has 0 heterocycles. The second kappa shape index (κ2) is 6.48. The van der Waals surface area contributed by atoms with E-state index in [1.807, 2.05) is 6.92 Å². The second-order valence-corrected chi connectivity index (χ2v) is 4.03. The van der Waals surface area contributed by atoms with Crippen molar-refractivity contribution in [3.63, 3.8) is 0 Å². The minimum atomic E-state index is -2.15. The Balaban J connectivity index is 4.56. The SMILES string of the molecule is CCCCC(=O)N[C@](O)(C(=O)O)[C@@H](C)CC. The molecule has 5 heteroatoms. The Labute approximate surface area is 95.9 Å². The first-order valence-corrected chi connectivity index (χ1v) is 5.65. The van der Waals surface area contributed by atoms with Crippen LogP contribution in [-0.4, -0.2) is 27.8 Å². The number of aliphatic hydroxyl groups is 1. The summed E-state index contributed by atoms with van der Waals surface area (Å²) < 4.78 is 0. The third-order valence-electron chi connectivity index (χ3n) is 2.74. The Hall–Kier alpha value is -1.10. The molecule has 0 unspecified atom stereocenters. The molecule has 0 aromatic heterocycles. The van der Waals surface area contributed by atoms with Crippen molar-refractivity contribution in [3.8, 4) is 0 Å². The number of carboxylic acids is 1. The van der Waals surface area contributed by atoms with Gasteiger partial charge in [0.15, 0.2) is 0 Å². The maximum Gasteiger partial charge on any atom is 0.357 e. The maximum atomic E-state index is 11.4. The van der Waals surface area contributed by atoms with Gasteiger partial charge in [-0.2, -0.15) is 0 Å². The fraction of sp³-hybridized carbons (Fsp3) is 0.818. The van der Waals surface area contributed by atoms with Crippen LogP contribution >= 0.6 is 0 Å². The molecular formula is C11H21NO4. The van der Waals surface area contributed by atoms with E-state index in [4.69, 9.17) is 5.11 Å². The molecule has 2 atom stereocenters. The maximum absolute atomic E-state index is 11.4. The highest BCUT2D eigenvalue weighted by Gasteiger charge is 2.42. The first-order chi connectivity index (χ1) is 7.38. The van der Waals surface area contributed by atoms with Crippen molar-refractivity contribution in [1.82, 2.24) is 5.32 Å². The normalized spacial score (nSPS) is 16.2. The first-order valence-electron chi connectivity index (χ1n) is 5.65. The summed E-state index contributed by atoms with van der Waals surface area (Å²) in [5, 5.41) is 21.0. The number of nitrogens with one attached hydrogen (secondary N) is 1. The molecule has 3 N–H and O–H groups in total. The molecule has 0 saturated carbocycles. The van der Waals surface area contributed by atoms with Crippen LogP contribution in [0.4, 0.5) is 0 Å². The van der Waals surface area contributed by atoms with Crippen molar-refractivity contribution >= 4 is 11.9 Å². The summed E-state index contributed by atoms with van der Waals surface area (Å²) in [7, 11) is 0. The van der Waals surface area contributed by atoms with Crippen LogP contribution in [0, 0.1) is 5.92 Å². The number of aliphatic carboxylic acids is 1. The van der Waals surface area contributed by atoms with Crippen molar-refractivity contribution in [2.45, 2.75) is 52.2 Å². The lowest BCUT2D eigenvalue weighted by Gasteiger charge is -2.30. The van der Waals surface area contributed by atoms with Gasteiger partial charge in [0.1, 0.15) is 0 Å². The summed E-state index contributed by atoms with van der Waals surface area (Å²) >= 11 is 0. The van der Waals surface area contributed by atoms with E-state index in [9.17, 15) is 14.7 Å². The summed E-state index contributed by atoms with van der Waals surface area (Å²) in [4.78, 5) is 22.4. The van der Waals surface area contributed by atoms with Crippen LogP contribution in [0.5, 0.6) is 0 Å². The quantitative estimate of drug-likeness (QED) is 0.573. The molecule has 94 valence electrons. The molecule has 0 bridgehead atoms. The molecule has 0 aromatic carbocycles. The van der Waals surface area contributed by atoms with Gasteiger partial charge in [-0.05, 0) is 12.8 Å². The number of hydrogen-bond acceptors (Lipinski definition) is 3. The predicted octanol–water partition coefficient (Wildman–Crippen LogP) is 1.11. The van der Waals surface area contributed by atoms with Crippen LogP contribution in [-0.2, 0) is 9.59 Å².